The van der Waals surface area contributed by atoms with Gasteiger partial charge >= 0.3 is 13.6 Å². The van der Waals surface area contributed by atoms with Gasteiger partial charge in [0.05, 0.1) is 6.61 Å². The van der Waals surface area contributed by atoms with Gasteiger partial charge in [-0.05, 0) is 13.3 Å². The van der Waals surface area contributed by atoms with E-state index in [-0.39, 0.29) is 25.0 Å². The van der Waals surface area contributed by atoms with E-state index in [9.17, 15) is 14.2 Å². The fraction of sp³-hybridized carbons (Fsp3) is 0.556. The first-order chi connectivity index (χ1) is 7.22. The molecule has 92 valence electrons. The minimum atomic E-state index is -4.28. The lowest BCUT2D eigenvalue weighted by Crippen LogP contribution is -2.10. The molecule has 0 saturated heterocycles. The van der Waals surface area contributed by atoms with Crippen molar-refractivity contribution >= 4 is 19.3 Å². The molecule has 0 saturated carbocycles. The first-order valence-corrected chi connectivity index (χ1v) is 6.41. The molecule has 0 heterocycles. The summed E-state index contributed by atoms with van der Waals surface area (Å²) in [6.07, 6.45) is -0.534. The highest BCUT2D eigenvalue weighted by molar-refractivity contribution is 7.52. The zero-order valence-electron chi connectivity index (χ0n) is 9.01. The lowest BCUT2D eigenvalue weighted by Gasteiger charge is -2.04. The molecule has 0 fully saturated rings. The third-order valence-electron chi connectivity index (χ3n) is 1.56. The average Bonchev–Trinajstić information content (AvgIpc) is 2.08. The molecule has 0 aromatic heterocycles. The van der Waals surface area contributed by atoms with Crippen LogP contribution in [0.3, 0.4) is 0 Å². The molecule has 0 spiro atoms. The Hall–Kier alpha value is -0.970. The van der Waals surface area contributed by atoms with Gasteiger partial charge < -0.3 is 14.5 Å². The van der Waals surface area contributed by atoms with Gasteiger partial charge in [-0.3, -0.25) is 9.36 Å². The van der Waals surface area contributed by atoms with Crippen LogP contribution in [0.2, 0.25) is 0 Å². The van der Waals surface area contributed by atoms with Crippen LogP contribution >= 0.6 is 7.60 Å². The summed E-state index contributed by atoms with van der Waals surface area (Å²) in [7, 11) is -4.28. The highest BCUT2D eigenvalue weighted by Gasteiger charge is 2.18. The highest BCUT2D eigenvalue weighted by Crippen LogP contribution is 2.34. The molecule has 0 amide bonds. The fourth-order valence-corrected chi connectivity index (χ4v) is 1.48. The summed E-state index contributed by atoms with van der Waals surface area (Å²) in [5.41, 5.74) is 0.265. The van der Waals surface area contributed by atoms with Gasteiger partial charge in [0, 0.05) is 12.0 Å². The molecule has 0 aliphatic heterocycles. The standard InChI is InChI=1S/C9H15O6P/c1-7(2)9(11)15-5-3-4-8(10)6-16(12,13)14/h1,3-6H2,2H3,(H2,12,13,14). The van der Waals surface area contributed by atoms with E-state index in [1.54, 1.807) is 0 Å². The summed E-state index contributed by atoms with van der Waals surface area (Å²) >= 11 is 0. The summed E-state index contributed by atoms with van der Waals surface area (Å²) in [4.78, 5) is 38.9. The van der Waals surface area contributed by atoms with Crippen molar-refractivity contribution in [3.05, 3.63) is 12.2 Å². The normalized spacial score (nSPS) is 10.9. The molecule has 0 unspecified atom stereocenters. The molecular weight excluding hydrogens is 235 g/mol. The second kappa shape index (κ2) is 6.58. The molecule has 0 rings (SSSR count). The van der Waals surface area contributed by atoms with Crippen molar-refractivity contribution in [3.63, 3.8) is 0 Å². The number of ether oxygens (including phenoxy) is 1. The van der Waals surface area contributed by atoms with Crippen molar-refractivity contribution in [3.8, 4) is 0 Å². The van der Waals surface area contributed by atoms with Crippen LogP contribution < -0.4 is 0 Å². The maximum Gasteiger partial charge on any atom is 0.333 e. The van der Waals surface area contributed by atoms with Gasteiger partial charge in [-0.15, -0.1) is 0 Å². The van der Waals surface area contributed by atoms with Crippen LogP contribution in [-0.4, -0.2) is 34.3 Å². The number of esters is 1. The Bertz CT molecular complexity index is 329. The summed E-state index contributed by atoms with van der Waals surface area (Å²) in [5.74, 6) is -1.08. The molecule has 0 aliphatic rings. The van der Waals surface area contributed by atoms with E-state index in [1.807, 2.05) is 0 Å². The summed E-state index contributed by atoms with van der Waals surface area (Å²) in [5, 5.41) is 0. The molecule has 0 bridgehead atoms. The van der Waals surface area contributed by atoms with Crippen molar-refractivity contribution in [1.29, 1.82) is 0 Å². The number of hydrogen-bond acceptors (Lipinski definition) is 4. The first kappa shape index (κ1) is 15.0. The van der Waals surface area contributed by atoms with Crippen LogP contribution in [0.5, 0.6) is 0 Å². The number of rotatable bonds is 7. The largest absolute Gasteiger partial charge is 0.462 e. The number of ketones is 1. The molecular formula is C9H15O6P. The SMILES string of the molecule is C=C(C)C(=O)OCCCC(=O)CP(=O)(O)O. The molecule has 0 radical (unpaired) electrons. The quantitative estimate of drug-likeness (QED) is 0.297. The Morgan fingerprint density at radius 2 is 1.94 bits per heavy atom. The lowest BCUT2D eigenvalue weighted by atomic mass is 10.2. The number of carbonyl (C=O) groups is 2. The van der Waals surface area contributed by atoms with Gasteiger partial charge in [-0.25, -0.2) is 4.79 Å². The van der Waals surface area contributed by atoms with Crippen molar-refractivity contribution in [2.75, 3.05) is 12.8 Å². The van der Waals surface area contributed by atoms with Gasteiger partial charge in [0.25, 0.3) is 0 Å². The van der Waals surface area contributed by atoms with Gasteiger partial charge in [-0.2, -0.15) is 0 Å². The topological polar surface area (TPSA) is 101 Å². The number of hydrogen-bond donors (Lipinski definition) is 2. The smallest absolute Gasteiger partial charge is 0.333 e. The maximum atomic E-state index is 11.0. The second-order valence-corrected chi connectivity index (χ2v) is 5.03. The summed E-state index contributed by atoms with van der Waals surface area (Å²) in [6, 6.07) is 0. The van der Waals surface area contributed by atoms with Crippen LogP contribution in [0, 0.1) is 0 Å². The lowest BCUT2D eigenvalue weighted by molar-refractivity contribution is -0.139. The predicted octanol–water partition coefficient (Wildman–Crippen LogP) is 0.633. The van der Waals surface area contributed by atoms with E-state index in [0.717, 1.165) is 0 Å². The maximum absolute atomic E-state index is 11.0. The molecule has 16 heavy (non-hydrogen) atoms. The molecule has 2 N–H and O–H groups in total. The Morgan fingerprint density at radius 3 is 2.38 bits per heavy atom. The Balaban J connectivity index is 3.68. The van der Waals surface area contributed by atoms with Gasteiger partial charge in [0.2, 0.25) is 0 Å². The zero-order valence-corrected chi connectivity index (χ0v) is 9.90. The molecule has 7 heteroatoms. The number of Topliss-reactive ketones (excluding diaryl/α,β-unsaturated/α-hetero) is 1. The minimum Gasteiger partial charge on any atom is -0.462 e. The minimum absolute atomic E-state index is 0.0193. The summed E-state index contributed by atoms with van der Waals surface area (Å²) in [6.45, 7) is 4.91. The van der Waals surface area contributed by atoms with Crippen LogP contribution in [0.4, 0.5) is 0 Å². The van der Waals surface area contributed by atoms with Crippen LogP contribution in [0.15, 0.2) is 12.2 Å². The molecule has 0 aliphatic carbocycles. The van der Waals surface area contributed by atoms with Crippen LogP contribution in [0.25, 0.3) is 0 Å². The zero-order chi connectivity index (χ0) is 12.8. The van der Waals surface area contributed by atoms with Crippen molar-refractivity contribution in [2.24, 2.45) is 0 Å². The Kier molecular flexibility index (Phi) is 6.18. The van der Waals surface area contributed by atoms with Gasteiger partial charge in [0.1, 0.15) is 11.9 Å². The Labute approximate surface area is 93.5 Å². The summed E-state index contributed by atoms with van der Waals surface area (Å²) < 4.78 is 15.1. The third-order valence-corrected chi connectivity index (χ3v) is 2.33. The third kappa shape index (κ3) is 8.35. The monoisotopic (exact) mass is 250 g/mol. The van der Waals surface area contributed by atoms with Crippen molar-refractivity contribution < 1.29 is 28.7 Å². The van der Waals surface area contributed by atoms with E-state index in [0.29, 0.717) is 0 Å². The van der Waals surface area contributed by atoms with Crippen molar-refractivity contribution in [1.82, 2.24) is 0 Å². The van der Waals surface area contributed by atoms with E-state index >= 15 is 0 Å². The average molecular weight is 250 g/mol. The second-order valence-electron chi connectivity index (χ2n) is 3.38. The molecule has 0 atom stereocenters. The Morgan fingerprint density at radius 1 is 1.38 bits per heavy atom. The van der Waals surface area contributed by atoms with E-state index in [2.05, 4.69) is 6.58 Å². The van der Waals surface area contributed by atoms with Gasteiger partial charge in [0.15, 0.2) is 0 Å². The van der Waals surface area contributed by atoms with E-state index < -0.39 is 25.5 Å². The molecule has 0 aromatic rings. The first-order valence-electron chi connectivity index (χ1n) is 4.61. The number of carbonyl (C=O) groups excluding carboxylic acids is 2. The predicted molar refractivity (Wildman–Crippen MR) is 56.9 cm³/mol. The fourth-order valence-electron chi connectivity index (χ4n) is 0.866. The van der Waals surface area contributed by atoms with Crippen LogP contribution in [0.1, 0.15) is 19.8 Å². The molecule has 0 aromatic carbocycles. The van der Waals surface area contributed by atoms with E-state index in [1.165, 1.54) is 6.92 Å². The van der Waals surface area contributed by atoms with Crippen LogP contribution in [-0.2, 0) is 18.9 Å². The van der Waals surface area contributed by atoms with Crippen molar-refractivity contribution in [2.45, 2.75) is 19.8 Å². The molecule has 6 nitrogen and oxygen atoms in total. The van der Waals surface area contributed by atoms with Gasteiger partial charge in [-0.1, -0.05) is 6.58 Å². The van der Waals surface area contributed by atoms with E-state index in [4.69, 9.17) is 14.5 Å². The highest BCUT2D eigenvalue weighted by atomic mass is 31.2.